The van der Waals surface area contributed by atoms with E-state index < -0.39 is 0 Å². The van der Waals surface area contributed by atoms with E-state index in [0.717, 1.165) is 0 Å². The first-order chi connectivity index (χ1) is 11.1. The highest BCUT2D eigenvalue weighted by Crippen LogP contribution is 2.30. The van der Waals surface area contributed by atoms with E-state index in [1.54, 1.807) is 37.6 Å². The van der Waals surface area contributed by atoms with Crippen molar-refractivity contribution in [2.24, 2.45) is 0 Å². The third kappa shape index (κ3) is 2.83. The molecule has 0 aliphatic rings. The summed E-state index contributed by atoms with van der Waals surface area (Å²) in [4.78, 5) is 15.3. The monoisotopic (exact) mass is 314 g/mol. The van der Waals surface area contributed by atoms with Gasteiger partial charge in [0.05, 0.1) is 19.8 Å². The van der Waals surface area contributed by atoms with Crippen LogP contribution in [-0.2, 0) is 0 Å². The third-order valence-electron chi connectivity index (χ3n) is 3.53. The molecule has 23 heavy (non-hydrogen) atoms. The highest BCUT2D eigenvalue weighted by Gasteiger charge is 2.14. The summed E-state index contributed by atoms with van der Waals surface area (Å²) in [5.74, 6) is 0.445. The molecule has 2 aromatic carbocycles. The van der Waals surface area contributed by atoms with Gasteiger partial charge in [-0.05, 0) is 30.3 Å². The van der Waals surface area contributed by atoms with E-state index in [2.05, 4.69) is 10.3 Å². The minimum absolute atomic E-state index is 0.296. The number of rotatable bonds is 4. The van der Waals surface area contributed by atoms with E-state index in [-0.39, 0.29) is 11.7 Å². The highest BCUT2D eigenvalue weighted by atomic mass is 19.1. The molecule has 118 valence electrons. The Labute approximate surface area is 132 Å². The van der Waals surface area contributed by atoms with Crippen LogP contribution in [0.3, 0.4) is 0 Å². The van der Waals surface area contributed by atoms with Gasteiger partial charge < -0.3 is 19.8 Å². The molecule has 0 saturated heterocycles. The van der Waals surface area contributed by atoms with Crippen LogP contribution in [0.1, 0.15) is 10.4 Å². The molecule has 0 atom stereocenters. The Bertz CT molecular complexity index is 873. The number of aromatic nitrogens is 1. The van der Waals surface area contributed by atoms with Gasteiger partial charge in [-0.25, -0.2) is 4.39 Å². The van der Waals surface area contributed by atoms with Crippen molar-refractivity contribution in [2.75, 3.05) is 19.5 Å². The SMILES string of the molecule is COc1ccc(NC(=O)c2c[nH]c3cc(F)ccc23)cc1OC. The van der Waals surface area contributed by atoms with Crippen molar-refractivity contribution in [2.45, 2.75) is 0 Å². The number of H-pyrrole nitrogens is 1. The molecule has 0 spiro atoms. The molecule has 1 aromatic heterocycles. The zero-order valence-corrected chi connectivity index (χ0v) is 12.6. The standard InChI is InChI=1S/C17H15FN2O3/c1-22-15-6-4-11(8-16(15)23-2)20-17(21)13-9-19-14-7-10(18)3-5-12(13)14/h3-9,19H,1-2H3,(H,20,21). The van der Waals surface area contributed by atoms with Gasteiger partial charge in [-0.3, -0.25) is 4.79 Å². The van der Waals surface area contributed by atoms with Gasteiger partial charge in [0.2, 0.25) is 0 Å². The summed E-state index contributed by atoms with van der Waals surface area (Å²) in [6.45, 7) is 0. The summed E-state index contributed by atoms with van der Waals surface area (Å²) in [6.07, 6.45) is 1.56. The molecule has 3 aromatic rings. The number of hydrogen-bond donors (Lipinski definition) is 2. The number of hydrogen-bond acceptors (Lipinski definition) is 3. The average molecular weight is 314 g/mol. The zero-order chi connectivity index (χ0) is 16.4. The minimum atomic E-state index is -0.355. The minimum Gasteiger partial charge on any atom is -0.493 e. The molecule has 0 radical (unpaired) electrons. The Morgan fingerprint density at radius 3 is 2.61 bits per heavy atom. The molecule has 0 saturated carbocycles. The smallest absolute Gasteiger partial charge is 0.257 e. The summed E-state index contributed by atoms with van der Waals surface area (Å²) in [7, 11) is 3.07. The van der Waals surface area contributed by atoms with Crippen molar-refractivity contribution in [1.29, 1.82) is 0 Å². The van der Waals surface area contributed by atoms with Crippen LogP contribution in [0, 0.1) is 5.82 Å². The van der Waals surface area contributed by atoms with Gasteiger partial charge >= 0.3 is 0 Å². The molecule has 0 aliphatic carbocycles. The number of amides is 1. The van der Waals surface area contributed by atoms with Crippen molar-refractivity contribution >= 4 is 22.5 Å². The second-order valence-electron chi connectivity index (χ2n) is 4.92. The van der Waals surface area contributed by atoms with Gasteiger partial charge in [-0.1, -0.05) is 0 Å². The fourth-order valence-corrected chi connectivity index (χ4v) is 2.40. The fraction of sp³-hybridized carbons (Fsp3) is 0.118. The van der Waals surface area contributed by atoms with E-state index in [1.807, 2.05) is 0 Å². The summed E-state index contributed by atoms with van der Waals surface area (Å²) >= 11 is 0. The molecular weight excluding hydrogens is 299 g/mol. The average Bonchev–Trinajstić information content (AvgIpc) is 2.97. The van der Waals surface area contributed by atoms with Crippen LogP contribution in [-0.4, -0.2) is 25.1 Å². The molecule has 0 unspecified atom stereocenters. The van der Waals surface area contributed by atoms with E-state index in [0.29, 0.717) is 33.7 Å². The summed E-state index contributed by atoms with van der Waals surface area (Å²) in [5.41, 5.74) is 1.58. The topological polar surface area (TPSA) is 63.3 Å². The van der Waals surface area contributed by atoms with Crippen LogP contribution in [0.25, 0.3) is 10.9 Å². The second kappa shape index (κ2) is 6.00. The number of anilines is 1. The van der Waals surface area contributed by atoms with Gasteiger partial charge in [0.1, 0.15) is 5.82 Å². The van der Waals surface area contributed by atoms with Crippen molar-refractivity contribution in [1.82, 2.24) is 4.98 Å². The Hall–Kier alpha value is -3.02. The zero-order valence-electron chi connectivity index (χ0n) is 12.6. The quantitative estimate of drug-likeness (QED) is 0.774. The van der Waals surface area contributed by atoms with Crippen LogP contribution in [0.5, 0.6) is 11.5 Å². The lowest BCUT2D eigenvalue weighted by Crippen LogP contribution is -2.11. The lowest BCUT2D eigenvalue weighted by Gasteiger charge is -2.10. The van der Waals surface area contributed by atoms with Crippen LogP contribution in [0.4, 0.5) is 10.1 Å². The number of nitrogens with one attached hydrogen (secondary N) is 2. The summed E-state index contributed by atoms with van der Waals surface area (Å²) < 4.78 is 23.6. The first-order valence-corrected chi connectivity index (χ1v) is 6.92. The van der Waals surface area contributed by atoms with E-state index in [9.17, 15) is 9.18 Å². The van der Waals surface area contributed by atoms with Crippen LogP contribution < -0.4 is 14.8 Å². The van der Waals surface area contributed by atoms with Gasteiger partial charge in [-0.2, -0.15) is 0 Å². The Morgan fingerprint density at radius 2 is 1.87 bits per heavy atom. The number of ether oxygens (including phenoxy) is 2. The Morgan fingerprint density at radius 1 is 1.09 bits per heavy atom. The first kappa shape index (κ1) is 14.9. The van der Waals surface area contributed by atoms with Crippen molar-refractivity contribution in [3.05, 3.63) is 54.0 Å². The number of carbonyl (C=O) groups is 1. The summed E-state index contributed by atoms with van der Waals surface area (Å²) in [5, 5.41) is 3.45. The predicted molar refractivity (Wildman–Crippen MR) is 85.8 cm³/mol. The van der Waals surface area contributed by atoms with Crippen molar-refractivity contribution < 1.29 is 18.7 Å². The molecule has 1 amide bonds. The molecule has 2 N–H and O–H groups in total. The number of methoxy groups -OCH3 is 2. The highest BCUT2D eigenvalue weighted by molar-refractivity contribution is 6.12. The van der Waals surface area contributed by atoms with Gasteiger partial charge in [-0.15, -0.1) is 0 Å². The largest absolute Gasteiger partial charge is 0.493 e. The van der Waals surface area contributed by atoms with Gasteiger partial charge in [0.15, 0.2) is 11.5 Å². The predicted octanol–water partition coefficient (Wildman–Crippen LogP) is 3.58. The van der Waals surface area contributed by atoms with Crippen molar-refractivity contribution in [3.63, 3.8) is 0 Å². The third-order valence-corrected chi connectivity index (χ3v) is 3.53. The lowest BCUT2D eigenvalue weighted by atomic mass is 10.1. The van der Waals surface area contributed by atoms with E-state index in [4.69, 9.17) is 9.47 Å². The van der Waals surface area contributed by atoms with Gasteiger partial charge in [0.25, 0.3) is 5.91 Å². The fourth-order valence-electron chi connectivity index (χ4n) is 2.40. The maximum atomic E-state index is 13.2. The number of halogens is 1. The normalized spacial score (nSPS) is 10.6. The molecule has 1 heterocycles. The summed E-state index contributed by atoms with van der Waals surface area (Å²) in [6, 6.07) is 9.34. The molecule has 0 bridgehead atoms. The second-order valence-corrected chi connectivity index (χ2v) is 4.92. The number of fused-ring (bicyclic) bond motifs is 1. The number of aromatic amines is 1. The molecule has 3 rings (SSSR count). The number of carbonyl (C=O) groups excluding carboxylic acids is 1. The van der Waals surface area contributed by atoms with Crippen LogP contribution >= 0.6 is 0 Å². The Balaban J connectivity index is 1.89. The maximum Gasteiger partial charge on any atom is 0.257 e. The van der Waals surface area contributed by atoms with E-state index >= 15 is 0 Å². The Kier molecular flexibility index (Phi) is 3.89. The van der Waals surface area contributed by atoms with Gasteiger partial charge in [0, 0.05) is 28.9 Å². The molecular formula is C17H15FN2O3. The van der Waals surface area contributed by atoms with Crippen LogP contribution in [0.2, 0.25) is 0 Å². The van der Waals surface area contributed by atoms with Crippen molar-refractivity contribution in [3.8, 4) is 11.5 Å². The molecule has 5 nitrogen and oxygen atoms in total. The molecule has 0 aliphatic heterocycles. The van der Waals surface area contributed by atoms with E-state index in [1.165, 1.54) is 19.2 Å². The lowest BCUT2D eigenvalue weighted by molar-refractivity contribution is 0.102. The molecule has 0 fully saturated rings. The maximum absolute atomic E-state index is 13.2. The number of benzene rings is 2. The van der Waals surface area contributed by atoms with Crippen LogP contribution in [0.15, 0.2) is 42.6 Å². The molecule has 6 heteroatoms. The first-order valence-electron chi connectivity index (χ1n) is 6.92.